The van der Waals surface area contributed by atoms with E-state index in [4.69, 9.17) is 0 Å². The van der Waals surface area contributed by atoms with Crippen LogP contribution in [0.15, 0.2) is 29.4 Å². The molecule has 0 bridgehead atoms. The van der Waals surface area contributed by atoms with Crippen LogP contribution in [0, 0.1) is 18.6 Å². The summed E-state index contributed by atoms with van der Waals surface area (Å²) >= 11 is 1.61. The Balaban J connectivity index is 1.88. The van der Waals surface area contributed by atoms with E-state index in [1.54, 1.807) is 11.3 Å². The molecular formula is C16H20F2N4S. The summed E-state index contributed by atoms with van der Waals surface area (Å²) in [7, 11) is 0. The van der Waals surface area contributed by atoms with E-state index in [1.807, 2.05) is 20.0 Å². The molecule has 1 heterocycles. The van der Waals surface area contributed by atoms with E-state index in [1.165, 1.54) is 12.1 Å². The molecule has 0 aliphatic carbocycles. The van der Waals surface area contributed by atoms with E-state index >= 15 is 0 Å². The van der Waals surface area contributed by atoms with E-state index in [0.29, 0.717) is 31.0 Å². The third-order valence-corrected chi connectivity index (χ3v) is 3.91. The Morgan fingerprint density at radius 2 is 1.96 bits per heavy atom. The summed E-state index contributed by atoms with van der Waals surface area (Å²) in [5, 5.41) is 7.24. The van der Waals surface area contributed by atoms with Gasteiger partial charge in [0, 0.05) is 30.2 Å². The second-order valence-corrected chi connectivity index (χ2v) is 6.33. The molecule has 0 radical (unpaired) electrons. The maximum atomic E-state index is 13.1. The van der Waals surface area contributed by atoms with E-state index in [9.17, 15) is 8.78 Å². The van der Waals surface area contributed by atoms with Crippen LogP contribution in [-0.4, -0.2) is 24.0 Å². The number of nitrogens with one attached hydrogen (secondary N) is 2. The fourth-order valence-electron chi connectivity index (χ4n) is 2.04. The standard InChI is InChI=1S/C16H20F2N4S/c1-3-19-16(22-10-15-21-9-11(2)23-15)20-5-4-12-6-13(17)8-14(18)7-12/h6-9H,3-5,10H2,1-2H3,(H2,19,20,22). The summed E-state index contributed by atoms with van der Waals surface area (Å²) in [6, 6.07) is 3.55. The summed E-state index contributed by atoms with van der Waals surface area (Å²) in [5.41, 5.74) is 0.612. The molecule has 4 nitrogen and oxygen atoms in total. The van der Waals surface area contributed by atoms with Crippen molar-refractivity contribution in [1.29, 1.82) is 0 Å². The minimum atomic E-state index is -0.556. The number of thiazole rings is 1. The quantitative estimate of drug-likeness (QED) is 0.629. The predicted molar refractivity (Wildman–Crippen MR) is 89.7 cm³/mol. The lowest BCUT2D eigenvalue weighted by molar-refractivity contribution is 0.579. The van der Waals surface area contributed by atoms with Crippen molar-refractivity contribution in [3.8, 4) is 0 Å². The van der Waals surface area contributed by atoms with Crippen LogP contribution in [0.25, 0.3) is 0 Å². The molecule has 0 saturated heterocycles. The highest BCUT2D eigenvalue weighted by Gasteiger charge is 2.03. The van der Waals surface area contributed by atoms with Gasteiger partial charge in [0.2, 0.25) is 0 Å². The van der Waals surface area contributed by atoms with Gasteiger partial charge in [-0.1, -0.05) is 0 Å². The van der Waals surface area contributed by atoms with Crippen LogP contribution < -0.4 is 10.6 Å². The highest BCUT2D eigenvalue weighted by molar-refractivity contribution is 7.11. The normalized spacial score (nSPS) is 11.6. The first-order valence-corrected chi connectivity index (χ1v) is 8.27. The van der Waals surface area contributed by atoms with Gasteiger partial charge in [-0.05, 0) is 38.0 Å². The van der Waals surface area contributed by atoms with Crippen LogP contribution in [-0.2, 0) is 13.0 Å². The third kappa shape index (κ3) is 5.94. The van der Waals surface area contributed by atoms with Crippen LogP contribution in [0.3, 0.4) is 0 Å². The molecule has 0 fully saturated rings. The SMILES string of the molecule is CCNC(=NCc1ncc(C)s1)NCCc1cc(F)cc(F)c1. The minimum absolute atomic E-state index is 0.502. The first-order valence-electron chi connectivity index (χ1n) is 7.45. The number of aryl methyl sites for hydroxylation is 1. The molecule has 23 heavy (non-hydrogen) atoms. The van der Waals surface area contributed by atoms with Crippen molar-refractivity contribution in [1.82, 2.24) is 15.6 Å². The van der Waals surface area contributed by atoms with E-state index in [-0.39, 0.29) is 0 Å². The number of guanidine groups is 1. The lowest BCUT2D eigenvalue weighted by Crippen LogP contribution is -2.38. The number of benzene rings is 1. The first kappa shape index (κ1) is 17.3. The molecule has 0 aliphatic rings. The van der Waals surface area contributed by atoms with Crippen LogP contribution in [0.1, 0.15) is 22.4 Å². The summed E-state index contributed by atoms with van der Waals surface area (Å²) in [6.45, 7) is 5.75. The van der Waals surface area contributed by atoms with Gasteiger partial charge in [0.15, 0.2) is 5.96 Å². The Morgan fingerprint density at radius 1 is 1.22 bits per heavy atom. The van der Waals surface area contributed by atoms with E-state index < -0.39 is 11.6 Å². The second-order valence-electron chi connectivity index (χ2n) is 5.01. The van der Waals surface area contributed by atoms with Crippen molar-refractivity contribution in [2.24, 2.45) is 4.99 Å². The Bertz CT molecular complexity index is 650. The number of aromatic nitrogens is 1. The van der Waals surface area contributed by atoms with Gasteiger partial charge in [-0.2, -0.15) is 0 Å². The Morgan fingerprint density at radius 3 is 2.57 bits per heavy atom. The Hall–Kier alpha value is -2.02. The van der Waals surface area contributed by atoms with Gasteiger partial charge in [0.25, 0.3) is 0 Å². The van der Waals surface area contributed by atoms with E-state index in [0.717, 1.165) is 22.5 Å². The molecule has 0 spiro atoms. The molecule has 0 amide bonds. The zero-order chi connectivity index (χ0) is 16.7. The van der Waals surface area contributed by atoms with Crippen LogP contribution in [0.2, 0.25) is 0 Å². The highest BCUT2D eigenvalue weighted by Crippen LogP contribution is 2.12. The zero-order valence-corrected chi connectivity index (χ0v) is 14.0. The minimum Gasteiger partial charge on any atom is -0.357 e. The number of rotatable bonds is 6. The molecule has 1 aromatic heterocycles. The average molecular weight is 338 g/mol. The maximum Gasteiger partial charge on any atom is 0.191 e. The smallest absolute Gasteiger partial charge is 0.191 e. The van der Waals surface area contributed by atoms with Crippen molar-refractivity contribution in [2.75, 3.05) is 13.1 Å². The molecule has 0 atom stereocenters. The summed E-state index contributed by atoms with van der Waals surface area (Å²) in [5.74, 6) is -0.448. The number of aliphatic imine (C=N–C) groups is 1. The molecule has 2 N–H and O–H groups in total. The number of hydrogen-bond donors (Lipinski definition) is 2. The lowest BCUT2D eigenvalue weighted by Gasteiger charge is -2.11. The monoisotopic (exact) mass is 338 g/mol. The lowest BCUT2D eigenvalue weighted by atomic mass is 10.1. The summed E-state index contributed by atoms with van der Waals surface area (Å²) < 4.78 is 26.3. The van der Waals surface area contributed by atoms with Gasteiger partial charge >= 0.3 is 0 Å². The van der Waals surface area contributed by atoms with Crippen molar-refractivity contribution in [2.45, 2.75) is 26.8 Å². The van der Waals surface area contributed by atoms with Crippen LogP contribution in [0.5, 0.6) is 0 Å². The molecule has 0 aliphatic heterocycles. The molecular weight excluding hydrogens is 318 g/mol. The predicted octanol–water partition coefficient (Wildman–Crippen LogP) is 3.03. The summed E-state index contributed by atoms with van der Waals surface area (Å²) in [6.07, 6.45) is 2.34. The van der Waals surface area contributed by atoms with Crippen molar-refractivity contribution in [3.63, 3.8) is 0 Å². The average Bonchev–Trinajstić information content (AvgIpc) is 2.89. The van der Waals surface area contributed by atoms with Gasteiger partial charge in [-0.25, -0.2) is 18.8 Å². The van der Waals surface area contributed by atoms with Gasteiger partial charge in [0.05, 0.1) is 6.54 Å². The molecule has 0 unspecified atom stereocenters. The van der Waals surface area contributed by atoms with Crippen molar-refractivity contribution in [3.05, 3.63) is 51.5 Å². The van der Waals surface area contributed by atoms with Gasteiger partial charge < -0.3 is 10.6 Å². The molecule has 2 rings (SSSR count). The summed E-state index contributed by atoms with van der Waals surface area (Å²) in [4.78, 5) is 9.88. The highest BCUT2D eigenvalue weighted by atomic mass is 32.1. The molecule has 0 saturated carbocycles. The van der Waals surface area contributed by atoms with Crippen molar-refractivity contribution >= 4 is 17.3 Å². The number of hydrogen-bond acceptors (Lipinski definition) is 3. The Kier molecular flexibility index (Phi) is 6.46. The fraction of sp³-hybridized carbons (Fsp3) is 0.375. The van der Waals surface area contributed by atoms with Gasteiger partial charge in [-0.15, -0.1) is 11.3 Å². The van der Waals surface area contributed by atoms with Crippen molar-refractivity contribution < 1.29 is 8.78 Å². The fourth-order valence-corrected chi connectivity index (χ4v) is 2.76. The van der Waals surface area contributed by atoms with Gasteiger partial charge in [-0.3, -0.25) is 0 Å². The van der Waals surface area contributed by atoms with Crippen LogP contribution >= 0.6 is 11.3 Å². The zero-order valence-electron chi connectivity index (χ0n) is 13.2. The Labute approximate surface area is 138 Å². The maximum absolute atomic E-state index is 13.1. The topological polar surface area (TPSA) is 49.3 Å². The molecule has 1 aromatic carbocycles. The molecule has 2 aromatic rings. The second kappa shape index (κ2) is 8.57. The largest absolute Gasteiger partial charge is 0.357 e. The first-order chi connectivity index (χ1) is 11.1. The van der Waals surface area contributed by atoms with Gasteiger partial charge in [0.1, 0.15) is 16.6 Å². The van der Waals surface area contributed by atoms with E-state index in [2.05, 4.69) is 20.6 Å². The number of nitrogens with zero attached hydrogens (tertiary/aromatic N) is 2. The molecule has 124 valence electrons. The molecule has 7 heteroatoms. The number of halogens is 2. The third-order valence-electron chi connectivity index (χ3n) is 3.01. The van der Waals surface area contributed by atoms with Crippen LogP contribution in [0.4, 0.5) is 8.78 Å².